The van der Waals surface area contributed by atoms with Crippen molar-refractivity contribution in [3.8, 4) is 0 Å². The van der Waals surface area contributed by atoms with Gasteiger partial charge in [-0.05, 0) is 44.9 Å². The molecule has 0 radical (unpaired) electrons. The predicted octanol–water partition coefficient (Wildman–Crippen LogP) is 5.14. The summed E-state index contributed by atoms with van der Waals surface area (Å²) in [7, 11) is 2.58. The van der Waals surface area contributed by atoms with E-state index in [1.165, 1.54) is 81.7 Å². The second-order valence-corrected chi connectivity index (χ2v) is 7.57. The van der Waals surface area contributed by atoms with Gasteiger partial charge in [-0.25, -0.2) is 0 Å². The summed E-state index contributed by atoms with van der Waals surface area (Å²) in [5.74, 6) is 1.01. The van der Waals surface area contributed by atoms with Crippen molar-refractivity contribution in [3.05, 3.63) is 0 Å². The summed E-state index contributed by atoms with van der Waals surface area (Å²) in [6.45, 7) is 6.37. The standard InChI is InChI=1S/C18H36N/c1-4-17-13-14-19(3,16(2)15-17)18-11-9-7-5-6-8-10-12-18/h16-18H,4-15H2,1-3H3/q+1. The highest BCUT2D eigenvalue weighted by molar-refractivity contribution is 4.74. The Morgan fingerprint density at radius 3 is 2.00 bits per heavy atom. The Labute approximate surface area is 121 Å². The second kappa shape index (κ2) is 7.11. The Morgan fingerprint density at radius 1 is 0.895 bits per heavy atom. The van der Waals surface area contributed by atoms with Crippen molar-refractivity contribution in [1.82, 2.24) is 0 Å². The number of hydrogen-bond donors (Lipinski definition) is 0. The van der Waals surface area contributed by atoms with Crippen LogP contribution in [0.5, 0.6) is 0 Å². The van der Waals surface area contributed by atoms with Crippen molar-refractivity contribution in [2.75, 3.05) is 13.6 Å². The van der Waals surface area contributed by atoms with Gasteiger partial charge in [0.25, 0.3) is 0 Å². The average Bonchev–Trinajstić information content (AvgIpc) is 2.55. The van der Waals surface area contributed by atoms with E-state index in [2.05, 4.69) is 20.9 Å². The fraction of sp³-hybridized carbons (Fsp3) is 1.00. The second-order valence-electron chi connectivity index (χ2n) is 7.57. The largest absolute Gasteiger partial charge is 0.321 e. The van der Waals surface area contributed by atoms with Crippen LogP contribution in [0.1, 0.15) is 84.5 Å². The zero-order chi connectivity index (χ0) is 13.7. The normalized spacial score (nSPS) is 39.3. The molecule has 0 amide bonds. The van der Waals surface area contributed by atoms with Crippen molar-refractivity contribution in [1.29, 1.82) is 0 Å². The first-order valence-corrected chi connectivity index (χ1v) is 9.01. The van der Waals surface area contributed by atoms with Gasteiger partial charge in [0.1, 0.15) is 0 Å². The molecule has 0 bridgehead atoms. The lowest BCUT2D eigenvalue weighted by molar-refractivity contribution is -0.961. The van der Waals surface area contributed by atoms with Gasteiger partial charge in [0, 0.05) is 6.42 Å². The molecule has 1 nitrogen and oxygen atoms in total. The van der Waals surface area contributed by atoms with Crippen molar-refractivity contribution in [2.45, 2.75) is 96.6 Å². The summed E-state index contributed by atoms with van der Waals surface area (Å²) in [4.78, 5) is 0. The molecular formula is C18H36N+. The van der Waals surface area contributed by atoms with Gasteiger partial charge >= 0.3 is 0 Å². The molecule has 2 fully saturated rings. The van der Waals surface area contributed by atoms with E-state index >= 15 is 0 Å². The van der Waals surface area contributed by atoms with Gasteiger partial charge in [0.15, 0.2) is 0 Å². The minimum atomic E-state index is 0.893. The summed E-state index contributed by atoms with van der Waals surface area (Å²) in [6, 6.07) is 1.86. The van der Waals surface area contributed by atoms with E-state index in [0.717, 1.165) is 18.0 Å². The van der Waals surface area contributed by atoms with Gasteiger partial charge in [0.2, 0.25) is 0 Å². The molecule has 0 spiro atoms. The third kappa shape index (κ3) is 3.74. The minimum Gasteiger partial charge on any atom is -0.321 e. The van der Waals surface area contributed by atoms with Gasteiger partial charge in [-0.2, -0.15) is 0 Å². The zero-order valence-corrected chi connectivity index (χ0v) is 13.7. The van der Waals surface area contributed by atoms with E-state index < -0.39 is 0 Å². The summed E-state index contributed by atoms with van der Waals surface area (Å²) >= 11 is 0. The third-order valence-electron chi connectivity index (χ3n) is 6.44. The molecule has 0 aromatic rings. The molecule has 2 aliphatic rings. The van der Waals surface area contributed by atoms with Crippen LogP contribution in [0.25, 0.3) is 0 Å². The van der Waals surface area contributed by atoms with Crippen LogP contribution in [0.4, 0.5) is 0 Å². The van der Waals surface area contributed by atoms with Gasteiger partial charge in [0.05, 0.1) is 25.7 Å². The molecule has 1 heterocycles. The van der Waals surface area contributed by atoms with Crippen LogP contribution in [-0.2, 0) is 0 Å². The summed E-state index contributed by atoms with van der Waals surface area (Å²) in [5.41, 5.74) is 0. The Hall–Kier alpha value is -0.0400. The number of hydrogen-bond acceptors (Lipinski definition) is 0. The number of quaternary nitrogens is 1. The van der Waals surface area contributed by atoms with Crippen molar-refractivity contribution >= 4 is 0 Å². The smallest absolute Gasteiger partial charge is 0.0890 e. The molecular weight excluding hydrogens is 230 g/mol. The third-order valence-corrected chi connectivity index (χ3v) is 6.44. The lowest BCUT2D eigenvalue weighted by Crippen LogP contribution is -2.61. The minimum absolute atomic E-state index is 0.893. The quantitative estimate of drug-likeness (QED) is 0.607. The molecule has 0 N–H and O–H groups in total. The molecule has 2 rings (SSSR count). The summed E-state index contributed by atoms with van der Waals surface area (Å²) < 4.78 is 1.40. The molecule has 1 saturated carbocycles. The lowest BCUT2D eigenvalue weighted by Gasteiger charge is -2.51. The van der Waals surface area contributed by atoms with Crippen LogP contribution in [0.3, 0.4) is 0 Å². The first-order valence-electron chi connectivity index (χ1n) is 9.01. The zero-order valence-electron chi connectivity index (χ0n) is 13.7. The fourth-order valence-electron chi connectivity index (χ4n) is 4.64. The van der Waals surface area contributed by atoms with Crippen molar-refractivity contribution in [2.24, 2.45) is 5.92 Å². The molecule has 1 heteroatoms. The van der Waals surface area contributed by atoms with Crippen LogP contribution in [0, 0.1) is 5.92 Å². The number of likely N-dealkylation sites (tertiary alicyclic amines) is 1. The number of piperidine rings is 1. The average molecular weight is 266 g/mol. The number of nitrogens with zero attached hydrogens (tertiary/aromatic N) is 1. The maximum atomic E-state index is 2.58. The Morgan fingerprint density at radius 2 is 1.47 bits per heavy atom. The maximum Gasteiger partial charge on any atom is 0.0890 e. The highest BCUT2D eigenvalue weighted by Gasteiger charge is 2.41. The fourth-order valence-corrected chi connectivity index (χ4v) is 4.64. The van der Waals surface area contributed by atoms with E-state index in [9.17, 15) is 0 Å². The molecule has 3 atom stereocenters. The first-order chi connectivity index (χ1) is 9.16. The molecule has 3 unspecified atom stereocenters. The Bertz CT molecular complexity index is 252. The molecule has 1 aliphatic carbocycles. The highest BCUT2D eigenvalue weighted by atomic mass is 15.4. The van der Waals surface area contributed by atoms with Crippen LogP contribution in [0.15, 0.2) is 0 Å². The Balaban J connectivity index is 1.99. The maximum absolute atomic E-state index is 2.58. The summed E-state index contributed by atoms with van der Waals surface area (Å²) in [5, 5.41) is 0. The molecule has 0 aromatic heterocycles. The first kappa shape index (κ1) is 15.4. The van der Waals surface area contributed by atoms with E-state index in [1.54, 1.807) is 0 Å². The molecule has 1 aliphatic heterocycles. The van der Waals surface area contributed by atoms with Crippen molar-refractivity contribution in [3.63, 3.8) is 0 Å². The van der Waals surface area contributed by atoms with Crippen LogP contribution in [0.2, 0.25) is 0 Å². The van der Waals surface area contributed by atoms with E-state index in [-0.39, 0.29) is 0 Å². The van der Waals surface area contributed by atoms with E-state index in [0.29, 0.717) is 0 Å². The van der Waals surface area contributed by atoms with Crippen LogP contribution < -0.4 is 0 Å². The highest BCUT2D eigenvalue weighted by Crippen LogP contribution is 2.35. The van der Waals surface area contributed by atoms with Gasteiger partial charge in [-0.3, -0.25) is 0 Å². The SMILES string of the molecule is CCC1CC[N+](C)(C2CCCCCCCC2)C(C)C1. The lowest BCUT2D eigenvalue weighted by atomic mass is 9.85. The monoisotopic (exact) mass is 266 g/mol. The van der Waals surface area contributed by atoms with Crippen molar-refractivity contribution < 1.29 is 4.48 Å². The van der Waals surface area contributed by atoms with Gasteiger partial charge in [-0.1, -0.05) is 39.0 Å². The molecule has 0 aromatic carbocycles. The van der Waals surface area contributed by atoms with E-state index in [1.807, 2.05) is 0 Å². The molecule has 19 heavy (non-hydrogen) atoms. The van der Waals surface area contributed by atoms with Crippen LogP contribution >= 0.6 is 0 Å². The van der Waals surface area contributed by atoms with E-state index in [4.69, 9.17) is 0 Å². The molecule has 1 saturated heterocycles. The predicted molar refractivity (Wildman–Crippen MR) is 84.3 cm³/mol. The summed E-state index contributed by atoms with van der Waals surface area (Å²) in [6.07, 6.45) is 16.3. The Kier molecular flexibility index (Phi) is 5.74. The number of rotatable bonds is 2. The van der Waals surface area contributed by atoms with Gasteiger partial charge in [-0.15, -0.1) is 0 Å². The topological polar surface area (TPSA) is 0 Å². The van der Waals surface area contributed by atoms with Crippen LogP contribution in [-0.4, -0.2) is 30.2 Å². The van der Waals surface area contributed by atoms with Gasteiger partial charge < -0.3 is 4.48 Å². The molecule has 112 valence electrons.